The minimum Gasteiger partial charge on any atom is -0.478 e. The minimum atomic E-state index is -0.714. The maximum Gasteiger partial charge on any atom is 0.261 e. The Labute approximate surface area is 148 Å². The summed E-state index contributed by atoms with van der Waals surface area (Å²) in [5.74, 6) is -0.575. The van der Waals surface area contributed by atoms with Gasteiger partial charge in [0.05, 0.1) is 6.04 Å². The molecule has 0 unspecified atom stereocenters. The lowest BCUT2D eigenvalue weighted by Crippen LogP contribution is -2.39. The van der Waals surface area contributed by atoms with Crippen molar-refractivity contribution in [2.75, 3.05) is 0 Å². The molecule has 132 valence electrons. The molecule has 2 atom stereocenters. The van der Waals surface area contributed by atoms with Crippen molar-refractivity contribution in [1.82, 2.24) is 5.32 Å². The molecule has 1 aliphatic carbocycles. The third kappa shape index (κ3) is 4.01. The number of nitrogens with one attached hydrogen (secondary N) is 1. The highest BCUT2D eigenvalue weighted by Gasteiger charge is 2.22. The van der Waals surface area contributed by atoms with Crippen molar-refractivity contribution in [2.45, 2.75) is 51.7 Å². The van der Waals surface area contributed by atoms with Gasteiger partial charge < -0.3 is 10.1 Å². The van der Waals surface area contributed by atoms with Gasteiger partial charge in [-0.3, -0.25) is 4.79 Å². The topological polar surface area (TPSA) is 38.3 Å². The molecule has 2 aromatic carbocycles. The largest absolute Gasteiger partial charge is 0.478 e. The Morgan fingerprint density at radius 1 is 1.20 bits per heavy atom. The zero-order valence-electron chi connectivity index (χ0n) is 14.7. The van der Waals surface area contributed by atoms with E-state index in [1.165, 1.54) is 29.7 Å². The second kappa shape index (κ2) is 7.68. The summed E-state index contributed by atoms with van der Waals surface area (Å²) >= 11 is 0. The molecule has 0 fully saturated rings. The third-order valence-electron chi connectivity index (χ3n) is 4.75. The number of para-hydroxylation sites is 1. The average Bonchev–Trinajstić information content (AvgIpc) is 3.08. The maximum atomic E-state index is 13.7. The standard InChI is InChI=1S/C21H24FNO2/c1-3-19(25-20-10-5-4-9-18(20)22)21(24)23-14(2)16-12-11-15-7-6-8-17(15)13-16/h4-5,9-14,19H,3,6-8H2,1-2H3,(H,23,24)/t14-,19-/m0/s1. The van der Waals surface area contributed by atoms with Crippen LogP contribution in [-0.4, -0.2) is 12.0 Å². The first-order valence-corrected chi connectivity index (χ1v) is 8.91. The number of halogens is 1. The molecule has 4 heteroatoms. The maximum absolute atomic E-state index is 13.7. The second-order valence-electron chi connectivity index (χ2n) is 6.56. The Morgan fingerprint density at radius 3 is 2.72 bits per heavy atom. The highest BCUT2D eigenvalue weighted by Crippen LogP contribution is 2.25. The molecule has 0 radical (unpaired) electrons. The molecule has 0 saturated heterocycles. The van der Waals surface area contributed by atoms with Crippen molar-refractivity contribution in [3.63, 3.8) is 0 Å². The Bertz CT molecular complexity index is 759. The Balaban J connectivity index is 1.66. The first-order chi connectivity index (χ1) is 12.1. The lowest BCUT2D eigenvalue weighted by molar-refractivity contribution is -0.128. The number of benzene rings is 2. The van der Waals surface area contributed by atoms with Gasteiger partial charge in [-0.05, 0) is 61.4 Å². The van der Waals surface area contributed by atoms with E-state index in [4.69, 9.17) is 4.74 Å². The summed E-state index contributed by atoms with van der Waals surface area (Å²) in [6, 6.07) is 12.5. The van der Waals surface area contributed by atoms with Gasteiger partial charge in [0.2, 0.25) is 0 Å². The smallest absolute Gasteiger partial charge is 0.261 e. The molecule has 2 aromatic rings. The van der Waals surface area contributed by atoms with Crippen LogP contribution in [0.3, 0.4) is 0 Å². The molecule has 3 nitrogen and oxygen atoms in total. The highest BCUT2D eigenvalue weighted by atomic mass is 19.1. The molecule has 0 saturated carbocycles. The molecule has 3 rings (SSSR count). The van der Waals surface area contributed by atoms with E-state index in [1.807, 2.05) is 13.8 Å². The van der Waals surface area contributed by atoms with E-state index in [2.05, 4.69) is 23.5 Å². The van der Waals surface area contributed by atoms with Gasteiger partial charge in [-0.15, -0.1) is 0 Å². The van der Waals surface area contributed by atoms with Crippen LogP contribution in [0.4, 0.5) is 4.39 Å². The second-order valence-corrected chi connectivity index (χ2v) is 6.56. The Morgan fingerprint density at radius 2 is 1.96 bits per heavy atom. The van der Waals surface area contributed by atoms with Gasteiger partial charge in [-0.1, -0.05) is 37.3 Å². The number of ether oxygens (including phenoxy) is 1. The van der Waals surface area contributed by atoms with E-state index in [-0.39, 0.29) is 17.7 Å². The Hall–Kier alpha value is -2.36. The normalized spacial score (nSPS) is 15.3. The number of aryl methyl sites for hydroxylation is 2. The van der Waals surface area contributed by atoms with Gasteiger partial charge in [0, 0.05) is 0 Å². The van der Waals surface area contributed by atoms with E-state index in [0.29, 0.717) is 6.42 Å². The summed E-state index contributed by atoms with van der Waals surface area (Å²) in [6.07, 6.45) is 3.21. The minimum absolute atomic E-state index is 0.106. The number of hydrogen-bond donors (Lipinski definition) is 1. The number of carbonyl (C=O) groups excluding carboxylic acids is 1. The number of hydrogen-bond acceptors (Lipinski definition) is 2. The molecular weight excluding hydrogens is 317 g/mol. The molecule has 25 heavy (non-hydrogen) atoms. The molecule has 0 aliphatic heterocycles. The van der Waals surface area contributed by atoms with E-state index in [9.17, 15) is 9.18 Å². The van der Waals surface area contributed by atoms with Gasteiger partial charge in [0.15, 0.2) is 17.7 Å². The van der Waals surface area contributed by atoms with Gasteiger partial charge in [-0.2, -0.15) is 0 Å². The number of amides is 1. The zero-order valence-corrected chi connectivity index (χ0v) is 14.7. The number of fused-ring (bicyclic) bond motifs is 1. The van der Waals surface area contributed by atoms with Crippen molar-refractivity contribution in [2.24, 2.45) is 0 Å². The fourth-order valence-corrected chi connectivity index (χ4v) is 3.27. The van der Waals surface area contributed by atoms with Crippen LogP contribution in [0.15, 0.2) is 42.5 Å². The fourth-order valence-electron chi connectivity index (χ4n) is 3.27. The van der Waals surface area contributed by atoms with E-state index < -0.39 is 11.9 Å². The van der Waals surface area contributed by atoms with E-state index in [1.54, 1.807) is 12.1 Å². The van der Waals surface area contributed by atoms with Crippen LogP contribution in [0.25, 0.3) is 0 Å². The predicted octanol–water partition coefficient (Wildman–Crippen LogP) is 4.35. The van der Waals surface area contributed by atoms with Crippen molar-refractivity contribution >= 4 is 5.91 Å². The first kappa shape index (κ1) is 17.5. The van der Waals surface area contributed by atoms with E-state index >= 15 is 0 Å². The van der Waals surface area contributed by atoms with Gasteiger partial charge >= 0.3 is 0 Å². The number of rotatable bonds is 6. The molecule has 1 aliphatic rings. The van der Waals surface area contributed by atoms with Crippen molar-refractivity contribution in [3.8, 4) is 5.75 Å². The van der Waals surface area contributed by atoms with E-state index in [0.717, 1.165) is 18.4 Å². The van der Waals surface area contributed by atoms with Crippen LogP contribution in [0, 0.1) is 5.82 Å². The molecule has 1 amide bonds. The monoisotopic (exact) mass is 341 g/mol. The summed E-state index contributed by atoms with van der Waals surface area (Å²) in [5.41, 5.74) is 3.89. The van der Waals surface area contributed by atoms with Crippen LogP contribution in [0.2, 0.25) is 0 Å². The zero-order chi connectivity index (χ0) is 17.8. The van der Waals surface area contributed by atoms with Crippen molar-refractivity contribution in [3.05, 3.63) is 65.0 Å². The van der Waals surface area contributed by atoms with Crippen molar-refractivity contribution in [1.29, 1.82) is 0 Å². The van der Waals surface area contributed by atoms with Gasteiger partial charge in [0.1, 0.15) is 0 Å². The molecular formula is C21H24FNO2. The van der Waals surface area contributed by atoms with Gasteiger partial charge in [0.25, 0.3) is 5.91 Å². The average molecular weight is 341 g/mol. The SMILES string of the molecule is CC[C@H](Oc1ccccc1F)C(=O)N[C@@H](C)c1ccc2c(c1)CCC2. The fraction of sp³-hybridized carbons (Fsp3) is 0.381. The first-order valence-electron chi connectivity index (χ1n) is 8.91. The van der Waals surface area contributed by atoms with Crippen LogP contribution >= 0.6 is 0 Å². The summed E-state index contributed by atoms with van der Waals surface area (Å²) in [5, 5.41) is 2.99. The van der Waals surface area contributed by atoms with Gasteiger partial charge in [-0.25, -0.2) is 4.39 Å². The third-order valence-corrected chi connectivity index (χ3v) is 4.75. The highest BCUT2D eigenvalue weighted by molar-refractivity contribution is 5.81. The van der Waals surface area contributed by atoms with Crippen LogP contribution < -0.4 is 10.1 Å². The molecule has 0 bridgehead atoms. The lowest BCUT2D eigenvalue weighted by Gasteiger charge is -2.21. The lowest BCUT2D eigenvalue weighted by atomic mass is 10.0. The molecule has 1 N–H and O–H groups in total. The summed E-state index contributed by atoms with van der Waals surface area (Å²) in [6.45, 7) is 3.82. The van der Waals surface area contributed by atoms with Crippen LogP contribution in [-0.2, 0) is 17.6 Å². The summed E-state index contributed by atoms with van der Waals surface area (Å²) in [7, 11) is 0. The Kier molecular flexibility index (Phi) is 5.37. The molecule has 0 aromatic heterocycles. The van der Waals surface area contributed by atoms with Crippen LogP contribution in [0.1, 0.15) is 49.4 Å². The van der Waals surface area contributed by atoms with Crippen molar-refractivity contribution < 1.29 is 13.9 Å². The number of carbonyl (C=O) groups is 1. The molecule has 0 heterocycles. The van der Waals surface area contributed by atoms with Crippen LogP contribution in [0.5, 0.6) is 5.75 Å². The summed E-state index contributed by atoms with van der Waals surface area (Å²) < 4.78 is 19.3. The summed E-state index contributed by atoms with van der Waals surface area (Å²) in [4.78, 5) is 12.5. The quantitative estimate of drug-likeness (QED) is 0.848. The molecule has 0 spiro atoms. The predicted molar refractivity (Wildman–Crippen MR) is 96.1 cm³/mol.